The highest BCUT2D eigenvalue weighted by atomic mass is 16.4. The van der Waals surface area contributed by atoms with E-state index in [-0.39, 0.29) is 62.9 Å². The molecule has 18 nitrogen and oxygen atoms in total. The molecule has 3 rings (SSSR count). The Balaban J connectivity index is 1.63. The lowest BCUT2D eigenvalue weighted by molar-refractivity contribution is -0.140. The Hall–Kier alpha value is -4.65. The number of amides is 5. The summed E-state index contributed by atoms with van der Waals surface area (Å²) in [6, 6.07) is 5.24. The van der Waals surface area contributed by atoms with Crippen molar-refractivity contribution in [1.29, 1.82) is 0 Å². The first-order valence-electron chi connectivity index (χ1n) is 20.0. The molecule has 0 spiro atoms. The van der Waals surface area contributed by atoms with E-state index in [2.05, 4.69) is 31.9 Å². The summed E-state index contributed by atoms with van der Waals surface area (Å²) in [5.74, 6) is -5.52. The number of hydrogen-bond acceptors (Lipinski definition) is 11. The molecule has 0 aromatic heterocycles. The number of aliphatic hydroxyl groups is 1. The number of aliphatic hydroxyl groups excluding tert-OH is 1. The first-order chi connectivity index (χ1) is 27.3. The second kappa shape index (κ2) is 24.9. The fourth-order valence-electron chi connectivity index (χ4n) is 7.48. The summed E-state index contributed by atoms with van der Waals surface area (Å²) in [6.07, 6.45) is 3.45. The van der Waals surface area contributed by atoms with Gasteiger partial charge in [-0.1, -0.05) is 43.2 Å². The van der Waals surface area contributed by atoms with Crippen LogP contribution in [0.2, 0.25) is 0 Å². The summed E-state index contributed by atoms with van der Waals surface area (Å²) < 4.78 is 0. The topological polar surface area (TPSA) is 304 Å². The average molecular weight is 803 g/mol. The third-order valence-electron chi connectivity index (χ3n) is 10.5. The standard InChI is InChI=1S/C39H62N8O10/c40-15-6-9-25(43-34(50)20-28(23-48)46-38(56)29-10-4-5-11-31(29)41)18-35(51)47-32-14-16-42-22-30(32)39(57)45-27(17-24-7-2-1-3-8-24)19-33(49)44-26(21-37(54)55)12-13-36(52)53/h1-3,7-8,25-32,42,48H,4-6,9-23,40-41H2,(H,43,50)(H,44,49)(H,45,57)(H,46,56)(H,47,51)(H,52,53)(H,54,55)/t25-,26-,27-,28+,29+,30+,31+,32+/m0/s1. The van der Waals surface area contributed by atoms with Gasteiger partial charge in [-0.15, -0.1) is 0 Å². The third-order valence-corrected chi connectivity index (χ3v) is 10.5. The van der Waals surface area contributed by atoms with Gasteiger partial charge >= 0.3 is 11.9 Å². The monoisotopic (exact) mass is 802 g/mol. The summed E-state index contributed by atoms with van der Waals surface area (Å²) in [5, 5.41) is 45.6. The van der Waals surface area contributed by atoms with E-state index in [1.807, 2.05) is 30.3 Å². The Morgan fingerprint density at radius 1 is 0.719 bits per heavy atom. The van der Waals surface area contributed by atoms with E-state index in [0.29, 0.717) is 38.8 Å². The molecule has 13 N–H and O–H groups in total. The van der Waals surface area contributed by atoms with Crippen molar-refractivity contribution in [2.24, 2.45) is 23.3 Å². The van der Waals surface area contributed by atoms with Gasteiger partial charge in [0.25, 0.3) is 0 Å². The Morgan fingerprint density at radius 3 is 1.96 bits per heavy atom. The molecule has 1 aliphatic carbocycles. The molecule has 1 heterocycles. The highest BCUT2D eigenvalue weighted by Gasteiger charge is 2.35. The summed E-state index contributed by atoms with van der Waals surface area (Å²) in [6.45, 7) is 0.638. The van der Waals surface area contributed by atoms with Crippen molar-refractivity contribution in [2.75, 3.05) is 26.2 Å². The van der Waals surface area contributed by atoms with Crippen LogP contribution in [-0.4, -0.2) is 119 Å². The number of benzene rings is 1. The fraction of sp³-hybridized carbons (Fsp3) is 0.667. The predicted molar refractivity (Wildman–Crippen MR) is 209 cm³/mol. The van der Waals surface area contributed by atoms with Crippen molar-refractivity contribution in [3.8, 4) is 0 Å². The Morgan fingerprint density at radius 2 is 1.33 bits per heavy atom. The highest BCUT2D eigenvalue weighted by molar-refractivity contribution is 5.85. The molecule has 0 radical (unpaired) electrons. The number of aliphatic carboxylic acids is 2. The number of carbonyl (C=O) groups excluding carboxylic acids is 5. The molecular weight excluding hydrogens is 740 g/mol. The van der Waals surface area contributed by atoms with Crippen LogP contribution < -0.4 is 43.4 Å². The van der Waals surface area contributed by atoms with Crippen LogP contribution in [0.1, 0.15) is 89.0 Å². The minimum absolute atomic E-state index is 0.0771. The van der Waals surface area contributed by atoms with E-state index in [1.165, 1.54) is 0 Å². The lowest BCUT2D eigenvalue weighted by Gasteiger charge is -2.33. The van der Waals surface area contributed by atoms with Gasteiger partial charge in [-0.05, 0) is 63.6 Å². The molecule has 0 bridgehead atoms. The number of nitrogens with one attached hydrogen (secondary N) is 6. The van der Waals surface area contributed by atoms with Crippen LogP contribution in [0, 0.1) is 11.8 Å². The highest BCUT2D eigenvalue weighted by Crippen LogP contribution is 2.23. The van der Waals surface area contributed by atoms with Gasteiger partial charge in [0, 0.05) is 62.4 Å². The van der Waals surface area contributed by atoms with Crippen molar-refractivity contribution < 1.29 is 48.9 Å². The maximum atomic E-state index is 13.8. The van der Waals surface area contributed by atoms with Crippen LogP contribution in [0.15, 0.2) is 30.3 Å². The number of carbonyl (C=O) groups is 7. The number of piperidine rings is 1. The largest absolute Gasteiger partial charge is 0.481 e. The molecule has 57 heavy (non-hydrogen) atoms. The zero-order valence-corrected chi connectivity index (χ0v) is 32.6. The van der Waals surface area contributed by atoms with Crippen molar-refractivity contribution in [2.45, 2.75) is 126 Å². The third kappa shape index (κ3) is 17.6. The van der Waals surface area contributed by atoms with Crippen LogP contribution in [0.3, 0.4) is 0 Å². The average Bonchev–Trinajstić information content (AvgIpc) is 3.16. The molecule has 8 atom stereocenters. The normalized spacial score (nSPS) is 21.5. The van der Waals surface area contributed by atoms with E-state index in [9.17, 15) is 43.8 Å². The van der Waals surface area contributed by atoms with Crippen molar-refractivity contribution >= 4 is 41.5 Å². The first-order valence-corrected chi connectivity index (χ1v) is 20.0. The van der Waals surface area contributed by atoms with E-state index in [0.717, 1.165) is 24.8 Å². The number of carboxylic acids is 2. The molecule has 1 aliphatic heterocycles. The first kappa shape index (κ1) is 46.7. The quantitative estimate of drug-likeness (QED) is 0.0600. The van der Waals surface area contributed by atoms with Gasteiger partial charge in [0.1, 0.15) is 0 Å². The van der Waals surface area contributed by atoms with Crippen molar-refractivity contribution in [1.82, 2.24) is 31.9 Å². The molecule has 1 aromatic carbocycles. The lowest BCUT2D eigenvalue weighted by Crippen LogP contribution is -2.57. The molecule has 18 heteroatoms. The zero-order valence-electron chi connectivity index (χ0n) is 32.6. The van der Waals surface area contributed by atoms with Crippen LogP contribution >= 0.6 is 0 Å². The molecule has 2 aliphatic rings. The second-order valence-electron chi connectivity index (χ2n) is 15.2. The Labute approximate surface area is 333 Å². The van der Waals surface area contributed by atoms with Gasteiger partial charge < -0.3 is 58.7 Å². The van der Waals surface area contributed by atoms with E-state index < -0.39 is 84.7 Å². The summed E-state index contributed by atoms with van der Waals surface area (Å²) in [5.41, 5.74) is 12.7. The molecule has 1 saturated heterocycles. The van der Waals surface area contributed by atoms with Crippen LogP contribution in [-0.2, 0) is 40.0 Å². The summed E-state index contributed by atoms with van der Waals surface area (Å²) in [4.78, 5) is 88.9. The Bertz CT molecular complexity index is 1480. The maximum absolute atomic E-state index is 13.8. The summed E-state index contributed by atoms with van der Waals surface area (Å²) >= 11 is 0. The molecule has 1 saturated carbocycles. The number of rotatable bonds is 24. The van der Waals surface area contributed by atoms with Crippen LogP contribution in [0.25, 0.3) is 0 Å². The predicted octanol–water partition coefficient (Wildman–Crippen LogP) is -0.979. The van der Waals surface area contributed by atoms with E-state index >= 15 is 0 Å². The maximum Gasteiger partial charge on any atom is 0.305 e. The number of hydrogen-bond donors (Lipinski definition) is 11. The number of carboxylic acid groups (broad SMARTS) is 2. The van der Waals surface area contributed by atoms with Crippen molar-refractivity contribution in [3.63, 3.8) is 0 Å². The lowest BCUT2D eigenvalue weighted by atomic mass is 9.84. The minimum Gasteiger partial charge on any atom is -0.481 e. The van der Waals surface area contributed by atoms with E-state index in [4.69, 9.17) is 16.6 Å². The number of nitrogens with two attached hydrogens (primary N) is 2. The zero-order chi connectivity index (χ0) is 41.7. The van der Waals surface area contributed by atoms with Gasteiger partial charge in [-0.3, -0.25) is 33.6 Å². The fourth-order valence-corrected chi connectivity index (χ4v) is 7.48. The van der Waals surface area contributed by atoms with Crippen molar-refractivity contribution in [3.05, 3.63) is 35.9 Å². The van der Waals surface area contributed by atoms with Gasteiger partial charge in [-0.2, -0.15) is 0 Å². The van der Waals surface area contributed by atoms with Crippen LogP contribution in [0.5, 0.6) is 0 Å². The molecule has 1 aromatic rings. The molecular formula is C39H62N8O10. The smallest absolute Gasteiger partial charge is 0.305 e. The molecule has 5 amide bonds. The molecule has 0 unspecified atom stereocenters. The minimum atomic E-state index is -1.19. The van der Waals surface area contributed by atoms with Gasteiger partial charge in [-0.25, -0.2) is 0 Å². The molecule has 2 fully saturated rings. The van der Waals surface area contributed by atoms with Gasteiger partial charge in [0.15, 0.2) is 0 Å². The summed E-state index contributed by atoms with van der Waals surface area (Å²) in [7, 11) is 0. The SMILES string of the molecule is NCCC[C@@H](CC(=O)N[C@@H]1CCNC[C@H]1C(=O)N[C@H](CC(=O)N[C@@H](CCC(=O)O)CC(=O)O)Cc1ccccc1)NC(=O)C[C@H](CO)NC(=O)[C@@H]1CCCC[C@H]1N. The second-order valence-corrected chi connectivity index (χ2v) is 15.2. The van der Waals surface area contributed by atoms with E-state index in [1.54, 1.807) is 0 Å². The Kier molecular flexibility index (Phi) is 20.4. The van der Waals surface area contributed by atoms with Gasteiger partial charge in [0.05, 0.1) is 30.9 Å². The molecule has 318 valence electrons. The van der Waals surface area contributed by atoms with Crippen LogP contribution in [0.4, 0.5) is 0 Å². The van der Waals surface area contributed by atoms with Gasteiger partial charge in [0.2, 0.25) is 29.5 Å².